The van der Waals surface area contributed by atoms with Crippen LogP contribution < -0.4 is 10.6 Å². The van der Waals surface area contributed by atoms with Gasteiger partial charge in [0.05, 0.1) is 13.7 Å². The van der Waals surface area contributed by atoms with Crippen molar-refractivity contribution in [2.24, 2.45) is 5.73 Å². The van der Waals surface area contributed by atoms with Crippen LogP contribution in [0.4, 0.5) is 5.69 Å². The van der Waals surface area contributed by atoms with Crippen molar-refractivity contribution in [1.82, 2.24) is 0 Å². The van der Waals surface area contributed by atoms with E-state index in [1.54, 1.807) is 31.3 Å². The van der Waals surface area contributed by atoms with Crippen molar-refractivity contribution in [3.63, 3.8) is 0 Å². The predicted octanol–water partition coefficient (Wildman–Crippen LogP) is 0.738. The van der Waals surface area contributed by atoms with Crippen LogP contribution in [0.15, 0.2) is 47.1 Å². The Bertz CT molecular complexity index is 950. The number of allylic oxidation sites excluding steroid dienone is 1. The van der Waals surface area contributed by atoms with Gasteiger partial charge in [-0.3, -0.25) is 4.79 Å². The number of ether oxygens (including phenoxy) is 4. The number of amides is 1. The first-order chi connectivity index (χ1) is 13.8. The number of carbonyl (C=O) groups excluding carboxylic acids is 3. The van der Waals surface area contributed by atoms with Gasteiger partial charge in [-0.05, 0) is 13.0 Å². The van der Waals surface area contributed by atoms with E-state index in [9.17, 15) is 14.4 Å². The van der Waals surface area contributed by atoms with Gasteiger partial charge in [-0.15, -0.1) is 0 Å². The zero-order chi connectivity index (χ0) is 21.3. The van der Waals surface area contributed by atoms with Crippen molar-refractivity contribution in [1.29, 1.82) is 0 Å². The minimum Gasteiger partial charge on any atom is -0.465 e. The predicted molar refractivity (Wildman–Crippen MR) is 101 cm³/mol. The minimum absolute atomic E-state index is 0.0410. The number of hydrogen-bond acceptors (Lipinski definition) is 8. The van der Waals surface area contributed by atoms with Crippen molar-refractivity contribution in [3.05, 3.63) is 52.6 Å². The van der Waals surface area contributed by atoms with Gasteiger partial charge in [0, 0.05) is 25.4 Å². The van der Waals surface area contributed by atoms with E-state index in [2.05, 4.69) is 0 Å². The smallest absolute Gasteiger partial charge is 0.340 e. The summed E-state index contributed by atoms with van der Waals surface area (Å²) >= 11 is 0. The normalized spacial score (nSPS) is 20.7. The summed E-state index contributed by atoms with van der Waals surface area (Å²) in [5.41, 5.74) is 4.76. The molecule has 1 aromatic rings. The summed E-state index contributed by atoms with van der Waals surface area (Å²) in [6.45, 7) is 1.61. The average Bonchev–Trinajstić information content (AvgIpc) is 2.91. The number of nitrogens with two attached hydrogens (primary N) is 1. The maximum absolute atomic E-state index is 13.6. The Kier molecular flexibility index (Phi) is 5.34. The lowest BCUT2D eigenvalue weighted by molar-refractivity contribution is -0.143. The molecule has 3 rings (SSSR count). The van der Waals surface area contributed by atoms with Crippen molar-refractivity contribution in [2.75, 3.05) is 39.4 Å². The molecule has 0 radical (unpaired) electrons. The third kappa shape index (κ3) is 2.85. The summed E-state index contributed by atoms with van der Waals surface area (Å²) in [5, 5.41) is 0. The maximum Gasteiger partial charge on any atom is 0.340 e. The summed E-state index contributed by atoms with van der Waals surface area (Å²) < 4.78 is 20.6. The van der Waals surface area contributed by atoms with Crippen LogP contribution in [0.1, 0.15) is 12.5 Å². The van der Waals surface area contributed by atoms with E-state index >= 15 is 0 Å². The van der Waals surface area contributed by atoms with Crippen LogP contribution >= 0.6 is 0 Å². The monoisotopic (exact) mass is 402 g/mol. The fourth-order valence-corrected chi connectivity index (χ4v) is 3.83. The third-order valence-corrected chi connectivity index (χ3v) is 5.02. The Labute approximate surface area is 167 Å². The molecule has 0 aromatic heterocycles. The summed E-state index contributed by atoms with van der Waals surface area (Å²) in [7, 11) is 4.18. The van der Waals surface area contributed by atoms with Gasteiger partial charge >= 0.3 is 11.9 Å². The quantitative estimate of drug-likeness (QED) is 0.566. The zero-order valence-corrected chi connectivity index (χ0v) is 16.6. The summed E-state index contributed by atoms with van der Waals surface area (Å²) in [6, 6.07) is 6.83. The fourth-order valence-electron chi connectivity index (χ4n) is 3.83. The second kappa shape index (κ2) is 7.59. The van der Waals surface area contributed by atoms with Gasteiger partial charge in [-0.2, -0.15) is 0 Å². The molecule has 0 unspecified atom stereocenters. The molecule has 0 saturated heterocycles. The number of rotatable bonds is 5. The van der Waals surface area contributed by atoms with E-state index in [0.717, 1.165) is 7.11 Å². The molecule has 154 valence electrons. The van der Waals surface area contributed by atoms with Crippen molar-refractivity contribution in [2.45, 2.75) is 12.3 Å². The topological polar surface area (TPSA) is 117 Å². The number of para-hydroxylation sites is 1. The molecule has 2 aliphatic heterocycles. The number of nitrogens with zero attached hydrogens (tertiary/aromatic N) is 1. The molecule has 2 aliphatic rings. The molecule has 0 bridgehead atoms. The van der Waals surface area contributed by atoms with E-state index in [1.165, 1.54) is 18.9 Å². The maximum atomic E-state index is 13.6. The van der Waals surface area contributed by atoms with Gasteiger partial charge < -0.3 is 29.6 Å². The van der Waals surface area contributed by atoms with Crippen LogP contribution in [0.3, 0.4) is 0 Å². The van der Waals surface area contributed by atoms with Gasteiger partial charge in [0.2, 0.25) is 11.8 Å². The molecule has 2 N–H and O–H groups in total. The number of likely N-dealkylation sites (N-methyl/N-ethyl adjacent to an activating group) is 1. The molecule has 9 heteroatoms. The Morgan fingerprint density at radius 3 is 2.48 bits per heavy atom. The molecule has 0 saturated carbocycles. The molecular formula is C20H22N2O7. The first-order valence-corrected chi connectivity index (χ1v) is 8.83. The number of methoxy groups -OCH3 is 2. The zero-order valence-electron chi connectivity index (χ0n) is 16.6. The van der Waals surface area contributed by atoms with Gasteiger partial charge in [-0.1, -0.05) is 18.2 Å². The fraction of sp³-hybridized carbons (Fsp3) is 0.350. The number of hydrogen-bond donors (Lipinski definition) is 1. The first-order valence-electron chi connectivity index (χ1n) is 8.83. The number of fused-ring (bicyclic) bond motifs is 2. The number of carbonyl (C=O) groups is 3. The van der Waals surface area contributed by atoms with E-state index in [0.29, 0.717) is 11.3 Å². The van der Waals surface area contributed by atoms with Gasteiger partial charge in [0.15, 0.2) is 0 Å². The summed E-state index contributed by atoms with van der Waals surface area (Å²) in [6.07, 6.45) is 0. The Morgan fingerprint density at radius 2 is 1.83 bits per heavy atom. The molecule has 9 nitrogen and oxygen atoms in total. The lowest BCUT2D eigenvalue weighted by Crippen LogP contribution is -2.50. The van der Waals surface area contributed by atoms with Crippen molar-refractivity contribution in [3.8, 4) is 0 Å². The second-order valence-corrected chi connectivity index (χ2v) is 6.52. The van der Waals surface area contributed by atoms with Crippen LogP contribution in [0.25, 0.3) is 0 Å². The van der Waals surface area contributed by atoms with Crippen LogP contribution in [-0.2, 0) is 38.7 Å². The molecule has 0 aliphatic carbocycles. The molecule has 1 aromatic carbocycles. The Morgan fingerprint density at radius 1 is 1.14 bits per heavy atom. The molecule has 29 heavy (non-hydrogen) atoms. The molecular weight excluding hydrogens is 380 g/mol. The van der Waals surface area contributed by atoms with Gasteiger partial charge in [-0.25, -0.2) is 9.59 Å². The highest BCUT2D eigenvalue weighted by Crippen LogP contribution is 2.54. The molecule has 1 atom stereocenters. The van der Waals surface area contributed by atoms with E-state index in [4.69, 9.17) is 24.7 Å². The van der Waals surface area contributed by atoms with Crippen LogP contribution in [0.2, 0.25) is 0 Å². The van der Waals surface area contributed by atoms with Gasteiger partial charge in [0.1, 0.15) is 28.9 Å². The SMILES string of the molecule is COCCOC(=O)C1=C(C)OC(N)=C(C(=O)OC)[C@]12C(=O)N(C)c1ccccc12. The van der Waals surface area contributed by atoms with E-state index in [1.807, 2.05) is 0 Å². The third-order valence-electron chi connectivity index (χ3n) is 5.02. The van der Waals surface area contributed by atoms with Crippen LogP contribution in [0, 0.1) is 0 Å². The standard InChI is InChI=1S/C20H22N2O7/c1-11-14(18(24)28-10-9-26-3)20(15(16(21)29-11)17(23)27-4)12-7-5-6-8-13(12)22(2)19(20)25/h5-8H,9-10,21H2,1-4H3/t20-/m1/s1. The second-order valence-electron chi connectivity index (χ2n) is 6.52. The Balaban J connectivity index is 2.32. The molecule has 1 amide bonds. The van der Waals surface area contributed by atoms with E-state index < -0.39 is 23.3 Å². The minimum atomic E-state index is -1.84. The number of anilines is 1. The summed E-state index contributed by atoms with van der Waals surface area (Å²) in [4.78, 5) is 40.8. The lowest BCUT2D eigenvalue weighted by atomic mass is 9.67. The van der Waals surface area contributed by atoms with Gasteiger partial charge in [0.25, 0.3) is 0 Å². The molecule has 1 spiro atoms. The highest BCUT2D eigenvalue weighted by molar-refractivity contribution is 6.22. The molecule has 2 heterocycles. The van der Waals surface area contributed by atoms with Crippen LogP contribution in [-0.4, -0.2) is 52.3 Å². The average molecular weight is 402 g/mol. The highest BCUT2D eigenvalue weighted by atomic mass is 16.6. The summed E-state index contributed by atoms with van der Waals surface area (Å²) in [5.74, 6) is -2.47. The van der Waals surface area contributed by atoms with Crippen molar-refractivity contribution < 1.29 is 33.3 Å². The number of esters is 2. The first kappa shape index (κ1) is 20.4. The van der Waals surface area contributed by atoms with Crippen molar-refractivity contribution >= 4 is 23.5 Å². The lowest BCUT2D eigenvalue weighted by Gasteiger charge is -2.35. The molecule has 0 fully saturated rings. The van der Waals surface area contributed by atoms with E-state index in [-0.39, 0.29) is 36.0 Å². The number of benzene rings is 1. The largest absolute Gasteiger partial charge is 0.465 e. The highest BCUT2D eigenvalue weighted by Gasteiger charge is 2.63. The Hall–Kier alpha value is -3.33. The van der Waals surface area contributed by atoms with Crippen LogP contribution in [0.5, 0.6) is 0 Å².